The molecule has 124 valence electrons. The topological polar surface area (TPSA) is 36.9 Å². The maximum absolute atomic E-state index is 6.21. The Morgan fingerprint density at radius 3 is 2.05 bits per heavy atom. The predicted octanol–water partition coefficient (Wildman–Crippen LogP) is 3.49. The van der Waals surface area contributed by atoms with Crippen LogP contribution in [0.4, 0.5) is 0 Å². The second-order valence-corrected chi connectivity index (χ2v) is 9.35. The third-order valence-corrected chi connectivity index (χ3v) is 6.17. The number of hydrogen-bond donors (Lipinski definition) is 0. The predicted molar refractivity (Wildman–Crippen MR) is 88.8 cm³/mol. The summed E-state index contributed by atoms with van der Waals surface area (Å²) < 4.78 is 24.5. The Kier molecular flexibility index (Phi) is 5.94. The van der Waals surface area contributed by atoms with Crippen LogP contribution < -0.4 is 0 Å². The van der Waals surface area contributed by atoms with Crippen LogP contribution in [0.2, 0.25) is 0 Å². The molecule has 0 N–H and O–H groups in total. The summed E-state index contributed by atoms with van der Waals surface area (Å²) in [4.78, 5) is 0. The molecule has 0 aromatic rings. The lowest BCUT2D eigenvalue weighted by atomic mass is 10.1. The van der Waals surface area contributed by atoms with Crippen LogP contribution in [0.5, 0.6) is 0 Å². The normalized spacial score (nSPS) is 34.7. The van der Waals surface area contributed by atoms with Crippen LogP contribution in [-0.2, 0) is 18.9 Å². The molecule has 0 aromatic carbocycles. The van der Waals surface area contributed by atoms with E-state index in [-0.39, 0.29) is 18.3 Å². The van der Waals surface area contributed by atoms with Gasteiger partial charge in [-0.2, -0.15) is 0 Å². The minimum Gasteiger partial charge on any atom is -0.348 e. The minimum atomic E-state index is -0.563. The molecule has 4 nitrogen and oxygen atoms in total. The van der Waals surface area contributed by atoms with Gasteiger partial charge in [0.2, 0.25) is 0 Å². The number of thioether (sulfide) groups is 2. The molecular weight excluding hydrogens is 308 g/mol. The van der Waals surface area contributed by atoms with Crippen molar-refractivity contribution < 1.29 is 18.9 Å². The van der Waals surface area contributed by atoms with Gasteiger partial charge in [0, 0.05) is 0 Å². The minimum absolute atomic E-state index is 0.0254. The average molecular weight is 337 g/mol. The van der Waals surface area contributed by atoms with E-state index < -0.39 is 11.6 Å². The molecule has 2 saturated heterocycles. The average Bonchev–Trinajstić information content (AvgIpc) is 2.88. The number of hydrogen-bond acceptors (Lipinski definition) is 6. The summed E-state index contributed by atoms with van der Waals surface area (Å²) in [6.07, 6.45) is -0.119. The highest BCUT2D eigenvalue weighted by Crippen LogP contribution is 2.42. The van der Waals surface area contributed by atoms with E-state index in [1.165, 1.54) is 0 Å². The zero-order valence-electron chi connectivity index (χ0n) is 13.9. The maximum Gasteiger partial charge on any atom is 0.163 e. The maximum atomic E-state index is 6.21. The lowest BCUT2D eigenvalue weighted by Crippen LogP contribution is -2.42. The van der Waals surface area contributed by atoms with Gasteiger partial charge in [0.15, 0.2) is 11.6 Å². The van der Waals surface area contributed by atoms with Crippen LogP contribution >= 0.6 is 23.5 Å². The molecule has 0 aromatic heterocycles. The molecule has 2 aliphatic rings. The van der Waals surface area contributed by atoms with Crippen molar-refractivity contribution in [3.63, 3.8) is 0 Å². The fraction of sp³-hybridized carbons (Fsp3) is 1.00. The molecule has 3 atom stereocenters. The third-order valence-electron chi connectivity index (χ3n) is 3.49. The molecule has 2 aliphatic heterocycles. The number of rotatable bonds is 6. The first-order chi connectivity index (χ1) is 9.78. The quantitative estimate of drug-likeness (QED) is 0.691. The Bertz CT molecular complexity index is 331. The lowest BCUT2D eigenvalue weighted by molar-refractivity contribution is -0.174. The Hall–Kier alpha value is 0.540. The Morgan fingerprint density at radius 1 is 0.952 bits per heavy atom. The van der Waals surface area contributed by atoms with Crippen molar-refractivity contribution in [1.29, 1.82) is 0 Å². The van der Waals surface area contributed by atoms with Crippen molar-refractivity contribution in [3.8, 4) is 0 Å². The highest BCUT2D eigenvalue weighted by molar-refractivity contribution is 8.17. The van der Waals surface area contributed by atoms with E-state index >= 15 is 0 Å². The van der Waals surface area contributed by atoms with E-state index in [4.69, 9.17) is 18.9 Å². The monoisotopic (exact) mass is 336 g/mol. The van der Waals surface area contributed by atoms with Crippen molar-refractivity contribution in [1.82, 2.24) is 0 Å². The van der Waals surface area contributed by atoms with E-state index in [0.29, 0.717) is 11.2 Å². The summed E-state index contributed by atoms with van der Waals surface area (Å²) in [5.74, 6) is 1.04. The van der Waals surface area contributed by atoms with Crippen LogP contribution in [0.25, 0.3) is 0 Å². The molecule has 0 spiro atoms. The van der Waals surface area contributed by atoms with E-state index in [1.54, 1.807) is 0 Å². The van der Waals surface area contributed by atoms with E-state index in [1.807, 2.05) is 51.2 Å². The van der Waals surface area contributed by atoms with Crippen LogP contribution in [0, 0.1) is 0 Å². The largest absolute Gasteiger partial charge is 0.348 e. The molecule has 0 saturated carbocycles. The van der Waals surface area contributed by atoms with Gasteiger partial charge in [-0.3, -0.25) is 0 Å². The summed E-state index contributed by atoms with van der Waals surface area (Å²) in [7, 11) is 0. The highest BCUT2D eigenvalue weighted by Gasteiger charge is 2.52. The summed E-state index contributed by atoms with van der Waals surface area (Å²) >= 11 is 3.85. The molecule has 2 heterocycles. The fourth-order valence-corrected chi connectivity index (χ4v) is 5.42. The molecular formula is C15H28O4S2. The van der Waals surface area contributed by atoms with E-state index in [9.17, 15) is 0 Å². The standard InChI is InChI=1S/C15H28O4S2/c1-7-20-13(21-8-2)12-11(18-15(5,6)19-12)10-9-16-14(3,4)17-10/h10-13H,7-9H2,1-6H3/t10-,11-,12+/m1/s1. The second kappa shape index (κ2) is 6.97. The SMILES string of the molecule is CCSC(SCC)[C@H]1OC(C)(C)O[C@@H]1[C@H]1COC(C)(C)O1. The molecule has 2 fully saturated rings. The molecule has 0 aliphatic carbocycles. The van der Waals surface area contributed by atoms with Crippen molar-refractivity contribution in [2.75, 3.05) is 18.1 Å². The van der Waals surface area contributed by atoms with Gasteiger partial charge in [0.1, 0.15) is 18.3 Å². The van der Waals surface area contributed by atoms with Crippen molar-refractivity contribution in [2.24, 2.45) is 0 Å². The van der Waals surface area contributed by atoms with Gasteiger partial charge in [-0.15, -0.1) is 23.5 Å². The molecule has 0 unspecified atom stereocenters. The van der Waals surface area contributed by atoms with Gasteiger partial charge < -0.3 is 18.9 Å². The summed E-state index contributed by atoms with van der Waals surface area (Å²) in [6.45, 7) is 12.8. The van der Waals surface area contributed by atoms with Gasteiger partial charge in [0.25, 0.3) is 0 Å². The molecule has 6 heteroatoms. The van der Waals surface area contributed by atoms with Crippen molar-refractivity contribution in [2.45, 2.75) is 76.0 Å². The summed E-state index contributed by atoms with van der Waals surface area (Å²) in [6, 6.07) is 0. The first kappa shape index (κ1) is 17.9. The first-order valence-corrected chi connectivity index (χ1v) is 9.78. The number of ether oxygens (including phenoxy) is 4. The molecule has 0 amide bonds. The van der Waals surface area contributed by atoms with Crippen molar-refractivity contribution >= 4 is 23.5 Å². The first-order valence-electron chi connectivity index (χ1n) is 7.68. The smallest absolute Gasteiger partial charge is 0.163 e. The van der Waals surface area contributed by atoms with Gasteiger partial charge in [-0.25, -0.2) is 0 Å². The lowest BCUT2D eigenvalue weighted by Gasteiger charge is -2.28. The molecule has 0 radical (unpaired) electrons. The molecule has 21 heavy (non-hydrogen) atoms. The summed E-state index contributed by atoms with van der Waals surface area (Å²) in [5, 5.41) is 0. The third kappa shape index (κ3) is 4.52. The fourth-order valence-electron chi connectivity index (χ4n) is 2.76. The highest BCUT2D eigenvalue weighted by atomic mass is 32.2. The van der Waals surface area contributed by atoms with E-state index in [0.717, 1.165) is 11.5 Å². The Labute approximate surface area is 137 Å². The Balaban J connectivity index is 2.12. The van der Waals surface area contributed by atoms with Crippen molar-refractivity contribution in [3.05, 3.63) is 0 Å². The van der Waals surface area contributed by atoms with Crippen LogP contribution in [0.1, 0.15) is 41.5 Å². The van der Waals surface area contributed by atoms with E-state index in [2.05, 4.69) is 13.8 Å². The van der Waals surface area contributed by atoms with Gasteiger partial charge in [-0.1, -0.05) is 13.8 Å². The summed E-state index contributed by atoms with van der Waals surface area (Å²) in [5.41, 5.74) is 0. The van der Waals surface area contributed by atoms with Crippen LogP contribution in [-0.4, -0.2) is 52.6 Å². The van der Waals surface area contributed by atoms with Gasteiger partial charge >= 0.3 is 0 Å². The molecule has 0 bridgehead atoms. The van der Waals surface area contributed by atoms with Crippen LogP contribution in [0.15, 0.2) is 0 Å². The van der Waals surface area contributed by atoms with Crippen LogP contribution in [0.3, 0.4) is 0 Å². The Morgan fingerprint density at radius 2 is 1.57 bits per heavy atom. The van der Waals surface area contributed by atoms with Gasteiger partial charge in [-0.05, 0) is 39.2 Å². The van der Waals surface area contributed by atoms with Gasteiger partial charge in [0.05, 0.1) is 11.2 Å². The zero-order chi connectivity index (χ0) is 15.7. The zero-order valence-corrected chi connectivity index (χ0v) is 15.5. The molecule has 2 rings (SSSR count). The second-order valence-electron chi connectivity index (χ2n) is 6.21.